The minimum absolute atomic E-state index is 0.625. The van der Waals surface area contributed by atoms with Crippen LogP contribution in [0.15, 0.2) is 0 Å². The van der Waals surface area contributed by atoms with Gasteiger partial charge in [0.25, 0.3) is 0 Å². The molecule has 0 saturated carbocycles. The Bertz CT molecular complexity index is 34.9. The molecule has 0 bridgehead atoms. The first kappa shape index (κ1) is 10.5. The van der Waals surface area contributed by atoms with Crippen LogP contribution in [-0.2, 0) is 18.6 Å². The van der Waals surface area contributed by atoms with Crippen molar-refractivity contribution in [3.8, 4) is 0 Å². The summed E-state index contributed by atoms with van der Waals surface area (Å²) >= 11 is 3.11. The molecular weight excluding hydrogens is 161 g/mol. The SMILES string of the molecule is N[CH-]CS.[O]=[Ni][OH]. The summed E-state index contributed by atoms with van der Waals surface area (Å²) in [5, 5.41) is 0. The van der Waals surface area contributed by atoms with Gasteiger partial charge in [-0.1, -0.05) is 0 Å². The van der Waals surface area contributed by atoms with Crippen LogP contribution in [0.5, 0.6) is 0 Å². The molecule has 0 saturated heterocycles. The van der Waals surface area contributed by atoms with E-state index < -0.39 is 14.7 Å². The molecule has 0 aliphatic heterocycles. The van der Waals surface area contributed by atoms with Crippen molar-refractivity contribution in [3.63, 3.8) is 0 Å². The topological polar surface area (TPSA) is 63.3 Å². The van der Waals surface area contributed by atoms with E-state index in [9.17, 15) is 0 Å². The van der Waals surface area contributed by atoms with Gasteiger partial charge in [-0.15, -0.1) is 5.75 Å². The van der Waals surface area contributed by atoms with Gasteiger partial charge in [0.2, 0.25) is 0 Å². The van der Waals surface area contributed by atoms with Crippen LogP contribution in [0.3, 0.4) is 0 Å². The second-order valence-electron chi connectivity index (χ2n) is 0.476. The van der Waals surface area contributed by atoms with Gasteiger partial charge < -0.3 is 5.73 Å². The fourth-order valence-corrected chi connectivity index (χ4v) is 0. The van der Waals surface area contributed by atoms with Gasteiger partial charge in [0.1, 0.15) is 0 Å². The molecule has 3 N–H and O–H groups in total. The summed E-state index contributed by atoms with van der Waals surface area (Å²) < 4.78 is 15.4. The van der Waals surface area contributed by atoms with Crippen molar-refractivity contribution in [2.75, 3.05) is 5.75 Å². The van der Waals surface area contributed by atoms with E-state index in [0.29, 0.717) is 5.75 Å². The predicted octanol–water partition coefficient (Wildman–Crippen LogP) is -0.642. The molecule has 0 aromatic heterocycles. The molecule has 0 aliphatic rings. The molecule has 0 fully saturated rings. The molecule has 0 aliphatic carbocycles. The van der Waals surface area contributed by atoms with Gasteiger partial charge in [0.15, 0.2) is 0 Å². The van der Waals surface area contributed by atoms with E-state index in [0.717, 1.165) is 0 Å². The third-order valence-electron chi connectivity index (χ3n) is 0.105. The Hall–Kier alpha value is 0.564. The molecule has 0 amide bonds. The first-order valence-electron chi connectivity index (χ1n) is 1.33. The molecule has 0 unspecified atom stereocenters. The van der Waals surface area contributed by atoms with E-state index in [1.165, 1.54) is 6.54 Å². The Labute approximate surface area is 54.0 Å². The zero-order chi connectivity index (χ0) is 6.12. The fourth-order valence-electron chi connectivity index (χ4n) is 0. The summed E-state index contributed by atoms with van der Waals surface area (Å²) in [7, 11) is 0. The van der Waals surface area contributed by atoms with Gasteiger partial charge in [-0.05, 0) is 0 Å². The van der Waals surface area contributed by atoms with E-state index >= 15 is 0 Å². The standard InChI is InChI=1S/C2H6NS.Ni.H2O.O/c3-1-2-4;;;/h1,4H,2-3H2;;1H2;/q-1;+1;;/p-1. The normalized spacial score (nSPS) is 7.29. The number of thiol groups is 1. The van der Waals surface area contributed by atoms with Gasteiger partial charge in [0.05, 0.1) is 0 Å². The average molecular weight is 168 g/mol. The van der Waals surface area contributed by atoms with E-state index in [4.69, 9.17) is 13.9 Å². The van der Waals surface area contributed by atoms with Crippen LogP contribution in [-0.4, -0.2) is 10.0 Å². The van der Waals surface area contributed by atoms with E-state index in [1.807, 2.05) is 0 Å². The first-order valence-corrected chi connectivity index (χ1v) is 2.81. The maximum atomic E-state index is 8.42. The first-order chi connectivity index (χ1) is 3.33. The van der Waals surface area contributed by atoms with Crippen LogP contribution in [0.25, 0.3) is 0 Å². The zero-order valence-electron chi connectivity index (χ0n) is 3.48. The third kappa shape index (κ3) is 55.9. The van der Waals surface area contributed by atoms with Crippen LogP contribution < -0.4 is 5.73 Å². The minimum atomic E-state index is -0.625. The van der Waals surface area contributed by atoms with Crippen molar-refractivity contribution in [2.24, 2.45) is 5.73 Å². The average Bonchev–Trinajstić information content (AvgIpc) is 1.69. The second kappa shape index (κ2) is 16.0. The summed E-state index contributed by atoms with van der Waals surface area (Å²) in [5.41, 5.74) is 4.83. The van der Waals surface area contributed by atoms with Crippen LogP contribution in [0.1, 0.15) is 0 Å². The number of rotatable bonds is 1. The molecule has 7 heavy (non-hydrogen) atoms. The summed E-state index contributed by atoms with van der Waals surface area (Å²) in [5.74, 6) is 0.667. The third-order valence-corrected chi connectivity index (χ3v) is 0.316. The summed E-state index contributed by atoms with van der Waals surface area (Å²) in [4.78, 5) is 0. The van der Waals surface area contributed by atoms with Crippen molar-refractivity contribution >= 4 is 12.6 Å². The maximum absolute atomic E-state index is 8.42. The van der Waals surface area contributed by atoms with Gasteiger partial charge >= 0.3 is 22.8 Å². The van der Waals surface area contributed by atoms with Crippen molar-refractivity contribution in [3.05, 3.63) is 6.54 Å². The van der Waals surface area contributed by atoms with Gasteiger partial charge in [-0.25, -0.2) is 12.6 Å². The van der Waals surface area contributed by atoms with Crippen molar-refractivity contribution in [1.29, 1.82) is 0 Å². The Morgan fingerprint density at radius 1 is 2.00 bits per heavy atom. The molecule has 0 spiro atoms. The summed E-state index contributed by atoms with van der Waals surface area (Å²) in [6, 6.07) is 0. The Morgan fingerprint density at radius 2 is 2.14 bits per heavy atom. The second-order valence-corrected chi connectivity index (χ2v) is 1.02. The zero-order valence-corrected chi connectivity index (χ0v) is 5.36. The van der Waals surface area contributed by atoms with Gasteiger partial charge in [-0.2, -0.15) is 0 Å². The molecule has 0 rings (SSSR count). The van der Waals surface area contributed by atoms with Gasteiger partial charge in [-0.3, -0.25) is 6.54 Å². The molecule has 3 nitrogen and oxygen atoms in total. The molecule has 0 atom stereocenters. The fraction of sp³-hybridized carbons (Fsp3) is 0.500. The molecular formula is C2H7NNiO2S-. The Kier molecular flexibility index (Phi) is 24.1. The summed E-state index contributed by atoms with van der Waals surface area (Å²) in [6.07, 6.45) is 0. The van der Waals surface area contributed by atoms with Crippen LogP contribution in [0, 0.1) is 6.54 Å². The van der Waals surface area contributed by atoms with Crippen molar-refractivity contribution < 1.29 is 22.8 Å². The number of hydrogen-bond acceptors (Lipinski definition) is 3. The molecule has 0 radical (unpaired) electrons. The monoisotopic (exact) mass is 167 g/mol. The number of hydrogen-bond donors (Lipinski definition) is 3. The Balaban J connectivity index is 0. The van der Waals surface area contributed by atoms with Gasteiger partial charge in [0, 0.05) is 0 Å². The Morgan fingerprint density at radius 3 is 2.14 bits per heavy atom. The number of nitrogens with two attached hydrogens (primary N) is 1. The van der Waals surface area contributed by atoms with Crippen LogP contribution in [0.4, 0.5) is 0 Å². The van der Waals surface area contributed by atoms with Crippen molar-refractivity contribution in [2.45, 2.75) is 0 Å². The van der Waals surface area contributed by atoms with Crippen molar-refractivity contribution in [1.82, 2.24) is 0 Å². The van der Waals surface area contributed by atoms with E-state index in [-0.39, 0.29) is 0 Å². The predicted molar refractivity (Wildman–Crippen MR) is 25.2 cm³/mol. The van der Waals surface area contributed by atoms with Crippen LogP contribution >= 0.6 is 12.6 Å². The summed E-state index contributed by atoms with van der Waals surface area (Å²) in [6.45, 7) is 1.49. The molecule has 0 heterocycles. The van der Waals surface area contributed by atoms with Crippen LogP contribution in [0.2, 0.25) is 0 Å². The molecule has 0 aromatic carbocycles. The quantitative estimate of drug-likeness (QED) is 0.277. The molecule has 0 aromatic rings. The van der Waals surface area contributed by atoms with E-state index in [1.54, 1.807) is 0 Å². The molecule has 49 valence electrons. The van der Waals surface area contributed by atoms with E-state index in [2.05, 4.69) is 12.6 Å². The molecule has 5 heteroatoms.